The van der Waals surface area contributed by atoms with Gasteiger partial charge >= 0.3 is 12.0 Å². The zero-order chi connectivity index (χ0) is 34.9. The summed E-state index contributed by atoms with van der Waals surface area (Å²) in [5.74, 6) is -1.03. The van der Waals surface area contributed by atoms with Crippen LogP contribution in [0.2, 0.25) is 0 Å². The Morgan fingerprint density at radius 2 is 1.57 bits per heavy atom. The van der Waals surface area contributed by atoms with Gasteiger partial charge in [-0.3, -0.25) is 14.5 Å². The predicted octanol–water partition coefficient (Wildman–Crippen LogP) is 6.07. The van der Waals surface area contributed by atoms with E-state index in [-0.39, 0.29) is 35.0 Å². The van der Waals surface area contributed by atoms with E-state index in [0.29, 0.717) is 41.7 Å². The number of nitrogens with one attached hydrogen (secondary N) is 2. The van der Waals surface area contributed by atoms with Gasteiger partial charge in [0.1, 0.15) is 18.0 Å². The van der Waals surface area contributed by atoms with Gasteiger partial charge in [-0.25, -0.2) is 19.0 Å². The van der Waals surface area contributed by atoms with E-state index in [0.717, 1.165) is 25.7 Å². The van der Waals surface area contributed by atoms with E-state index in [9.17, 15) is 19.2 Å². The number of hydrogen-bond acceptors (Lipinski definition) is 6. The molecule has 2 bridgehead atoms. The lowest BCUT2D eigenvalue weighted by molar-refractivity contribution is -0.132. The molecule has 1 aliphatic carbocycles. The first kappa shape index (κ1) is 33.8. The summed E-state index contributed by atoms with van der Waals surface area (Å²) in [6, 6.07) is 16.9. The van der Waals surface area contributed by atoms with Gasteiger partial charge in [0, 0.05) is 29.9 Å². The normalized spacial score (nSPS) is 20.5. The molecule has 1 saturated carbocycles. The van der Waals surface area contributed by atoms with Crippen LogP contribution in [-0.4, -0.2) is 65.8 Å². The molecular weight excluding hydrogens is 625 g/mol. The second kappa shape index (κ2) is 13.8. The van der Waals surface area contributed by atoms with Crippen LogP contribution in [0.1, 0.15) is 73.5 Å². The summed E-state index contributed by atoms with van der Waals surface area (Å²) in [6.45, 7) is 8.15. The maximum absolute atomic E-state index is 15.4. The van der Waals surface area contributed by atoms with Crippen LogP contribution < -0.4 is 15.5 Å². The van der Waals surface area contributed by atoms with Gasteiger partial charge in [-0.2, -0.15) is 0 Å². The minimum atomic E-state index is -1.51. The van der Waals surface area contributed by atoms with Gasteiger partial charge in [0.2, 0.25) is 12.1 Å². The summed E-state index contributed by atoms with van der Waals surface area (Å²) < 4.78 is 20.8. The molecule has 3 heterocycles. The van der Waals surface area contributed by atoms with E-state index >= 15 is 4.39 Å². The zero-order valence-corrected chi connectivity index (χ0v) is 28.3. The number of ether oxygens (including phenoxy) is 1. The highest BCUT2D eigenvalue weighted by atomic mass is 19.1. The van der Waals surface area contributed by atoms with Crippen LogP contribution in [0.25, 0.3) is 0 Å². The number of hydrogen-bond donors (Lipinski definition) is 2. The number of nitrogens with zero attached hydrogens (tertiary/aromatic N) is 3. The standard InChI is InChI=1S/C38H42FN5O5/c1-23-9-7-13-29-32(28-12-5-6-14-30(28)39)41-34(42-37(48)40-27-11-8-10-26(19-27)36(47)49-38(2,3)4)35(46)44(33(23)29)22-31(45)43-20-24-15-16-25(21-43)18-17-24/h5-14,19,24-25,34H,15-18,20-22H2,1-4H3,(H2,40,42,48). The van der Waals surface area contributed by atoms with Crippen molar-refractivity contribution in [2.45, 2.75) is 65.1 Å². The number of aryl methyl sites for hydroxylation is 1. The minimum absolute atomic E-state index is 0.150. The Morgan fingerprint density at radius 3 is 2.24 bits per heavy atom. The monoisotopic (exact) mass is 667 g/mol. The molecule has 1 unspecified atom stereocenters. The molecule has 1 atom stereocenters. The number of urea groups is 1. The molecule has 3 fully saturated rings. The largest absolute Gasteiger partial charge is 0.456 e. The third kappa shape index (κ3) is 7.66. The maximum atomic E-state index is 15.4. The van der Waals surface area contributed by atoms with E-state index in [2.05, 4.69) is 15.6 Å². The van der Waals surface area contributed by atoms with E-state index in [4.69, 9.17) is 4.74 Å². The Labute approximate surface area is 285 Å². The highest BCUT2D eigenvalue weighted by Gasteiger charge is 2.38. The van der Waals surface area contributed by atoms with Crippen molar-refractivity contribution in [2.24, 2.45) is 16.8 Å². The predicted molar refractivity (Wildman–Crippen MR) is 185 cm³/mol. The van der Waals surface area contributed by atoms with Gasteiger partial charge < -0.3 is 20.3 Å². The molecule has 11 heteroatoms. The molecule has 3 aromatic rings. The Morgan fingerprint density at radius 1 is 0.918 bits per heavy atom. The highest BCUT2D eigenvalue weighted by Crippen LogP contribution is 2.35. The SMILES string of the molecule is Cc1cccc2c1N(CC(=O)N1CC3CCC(CC3)C1)C(=O)C(NC(=O)Nc1cccc(C(=O)OC(C)(C)C)c1)N=C2c1ccccc1F. The first-order chi connectivity index (χ1) is 23.4. The van der Waals surface area contributed by atoms with E-state index < -0.39 is 35.5 Å². The van der Waals surface area contributed by atoms with Crippen molar-refractivity contribution in [3.05, 3.63) is 94.8 Å². The van der Waals surface area contributed by atoms with Crippen molar-refractivity contribution in [1.29, 1.82) is 0 Å². The lowest BCUT2D eigenvalue weighted by atomic mass is 9.84. The number of anilines is 2. The molecule has 10 nitrogen and oxygen atoms in total. The smallest absolute Gasteiger partial charge is 0.338 e. The van der Waals surface area contributed by atoms with Crippen molar-refractivity contribution in [3.8, 4) is 0 Å². The number of carbonyl (C=O) groups excluding carboxylic acids is 4. The van der Waals surface area contributed by atoms with Crippen molar-refractivity contribution >= 4 is 40.9 Å². The molecule has 4 aliphatic rings. The van der Waals surface area contributed by atoms with Gasteiger partial charge in [0.15, 0.2) is 0 Å². The molecule has 3 aromatic carbocycles. The summed E-state index contributed by atoms with van der Waals surface area (Å²) in [5, 5.41) is 5.31. The van der Waals surface area contributed by atoms with Gasteiger partial charge in [-0.15, -0.1) is 0 Å². The Balaban J connectivity index is 1.33. The average molecular weight is 668 g/mol. The molecule has 7 rings (SSSR count). The number of halogens is 1. The van der Waals surface area contributed by atoms with E-state index in [1.807, 2.05) is 17.9 Å². The maximum Gasteiger partial charge on any atom is 0.338 e. The van der Waals surface area contributed by atoms with Crippen molar-refractivity contribution in [2.75, 3.05) is 29.9 Å². The molecule has 256 valence electrons. The lowest BCUT2D eigenvalue weighted by Gasteiger charge is -2.30. The molecule has 2 saturated heterocycles. The number of para-hydroxylation sites is 1. The number of aliphatic imine (C=N–C) groups is 1. The molecule has 3 aliphatic heterocycles. The van der Waals surface area contributed by atoms with Crippen LogP contribution in [0.3, 0.4) is 0 Å². The highest BCUT2D eigenvalue weighted by molar-refractivity contribution is 6.21. The molecular formula is C38H42FN5O5. The number of amides is 4. The summed E-state index contributed by atoms with van der Waals surface area (Å²) in [7, 11) is 0. The molecule has 0 spiro atoms. The second-order valence-corrected chi connectivity index (χ2v) is 14.1. The van der Waals surface area contributed by atoms with Gasteiger partial charge in [0.25, 0.3) is 5.91 Å². The number of rotatable bonds is 6. The Hall–Kier alpha value is -5.06. The van der Waals surface area contributed by atoms with Gasteiger partial charge in [-0.1, -0.05) is 36.4 Å². The average Bonchev–Trinajstić information content (AvgIpc) is 3.44. The first-order valence-electron chi connectivity index (χ1n) is 16.8. The number of carbonyl (C=O) groups is 4. The number of fused-ring (bicyclic) bond motifs is 5. The zero-order valence-electron chi connectivity index (χ0n) is 28.3. The fraction of sp³-hybridized carbons (Fsp3) is 0.395. The third-order valence-corrected chi connectivity index (χ3v) is 9.24. The Bertz CT molecular complexity index is 1800. The lowest BCUT2D eigenvalue weighted by Crippen LogP contribution is -2.52. The van der Waals surface area contributed by atoms with E-state index in [1.54, 1.807) is 69.3 Å². The molecule has 2 N–H and O–H groups in total. The fourth-order valence-electron chi connectivity index (χ4n) is 6.92. The summed E-state index contributed by atoms with van der Waals surface area (Å²) >= 11 is 0. The van der Waals surface area contributed by atoms with Gasteiger partial charge in [-0.05, 0) is 101 Å². The van der Waals surface area contributed by atoms with Crippen molar-refractivity contribution in [1.82, 2.24) is 10.2 Å². The number of benzodiazepines with no additional fused rings is 1. The summed E-state index contributed by atoms with van der Waals surface area (Å²) in [5.41, 5.74) is 1.73. The quantitative estimate of drug-likeness (QED) is 0.310. The van der Waals surface area contributed by atoms with Crippen LogP contribution in [-0.2, 0) is 14.3 Å². The molecule has 0 aromatic heterocycles. The summed E-state index contributed by atoms with van der Waals surface area (Å²) in [6.07, 6.45) is 2.88. The number of benzene rings is 3. The number of esters is 1. The second-order valence-electron chi connectivity index (χ2n) is 14.1. The van der Waals surface area contributed by atoms with Crippen molar-refractivity contribution in [3.63, 3.8) is 0 Å². The van der Waals surface area contributed by atoms with Crippen LogP contribution >= 0.6 is 0 Å². The minimum Gasteiger partial charge on any atom is -0.456 e. The Kier molecular flexibility index (Phi) is 9.54. The topological polar surface area (TPSA) is 120 Å². The van der Waals surface area contributed by atoms with Crippen LogP contribution in [0.4, 0.5) is 20.6 Å². The van der Waals surface area contributed by atoms with Crippen LogP contribution in [0.5, 0.6) is 0 Å². The van der Waals surface area contributed by atoms with E-state index in [1.165, 1.54) is 17.0 Å². The fourth-order valence-corrected chi connectivity index (χ4v) is 6.92. The van der Waals surface area contributed by atoms with Crippen LogP contribution in [0.15, 0.2) is 71.7 Å². The van der Waals surface area contributed by atoms with Crippen molar-refractivity contribution < 1.29 is 28.3 Å². The molecule has 0 radical (unpaired) electrons. The van der Waals surface area contributed by atoms with Crippen LogP contribution in [0, 0.1) is 24.6 Å². The molecule has 49 heavy (non-hydrogen) atoms. The van der Waals surface area contributed by atoms with Gasteiger partial charge in [0.05, 0.1) is 17.0 Å². The molecule has 4 amide bonds. The third-order valence-electron chi connectivity index (χ3n) is 9.24. The first-order valence-corrected chi connectivity index (χ1v) is 16.8. The summed E-state index contributed by atoms with van der Waals surface area (Å²) in [4.78, 5) is 62.5.